The number of anilines is 1. The van der Waals surface area contributed by atoms with Crippen LogP contribution in [0, 0.1) is 5.92 Å². The molecule has 1 fully saturated rings. The van der Waals surface area contributed by atoms with E-state index in [1.54, 1.807) is 0 Å². The monoisotopic (exact) mass is 283 g/mol. The van der Waals surface area contributed by atoms with Crippen molar-refractivity contribution in [2.24, 2.45) is 5.92 Å². The number of rotatable bonds is 4. The summed E-state index contributed by atoms with van der Waals surface area (Å²) in [5.41, 5.74) is 6.32. The average Bonchev–Trinajstić information content (AvgIpc) is 2.76. The highest BCUT2D eigenvalue weighted by Crippen LogP contribution is 2.26. The fourth-order valence-corrected chi connectivity index (χ4v) is 3.63. The van der Waals surface area contributed by atoms with Gasteiger partial charge in [-0.25, -0.2) is 9.78 Å². The number of aromatic nitrogens is 2. The largest absolute Gasteiger partial charge is 0.464 e. The summed E-state index contributed by atoms with van der Waals surface area (Å²) in [5.74, 6) is 3.92. The summed E-state index contributed by atoms with van der Waals surface area (Å²) < 4.78 is 6.71. The molecule has 2 N–H and O–H groups in total. The number of methoxy groups -OCH3 is 1. The molecule has 1 aromatic heterocycles. The Kier molecular flexibility index (Phi) is 4.74. The van der Waals surface area contributed by atoms with Gasteiger partial charge >= 0.3 is 5.97 Å². The normalized spacial score (nSPS) is 16.5. The number of hydrogen-bond donors (Lipinski definition) is 1. The Morgan fingerprint density at radius 1 is 1.53 bits per heavy atom. The van der Waals surface area contributed by atoms with Crippen LogP contribution in [0.15, 0.2) is 0 Å². The number of nitrogens with two attached hydrogens (primary N) is 1. The van der Waals surface area contributed by atoms with Crippen LogP contribution in [0.2, 0.25) is 0 Å². The van der Waals surface area contributed by atoms with Crippen molar-refractivity contribution in [2.75, 3.05) is 24.3 Å². The third-order valence-electron chi connectivity index (χ3n) is 3.56. The van der Waals surface area contributed by atoms with Crippen molar-refractivity contribution in [2.45, 2.75) is 32.7 Å². The van der Waals surface area contributed by atoms with Gasteiger partial charge in [0.25, 0.3) is 0 Å². The van der Waals surface area contributed by atoms with Crippen molar-refractivity contribution >= 4 is 23.5 Å². The summed E-state index contributed by atoms with van der Waals surface area (Å²) in [6, 6.07) is 0. The minimum absolute atomic E-state index is 0.254. The summed E-state index contributed by atoms with van der Waals surface area (Å²) in [4.78, 5) is 15.9. The first-order chi connectivity index (χ1) is 9.17. The van der Waals surface area contributed by atoms with E-state index < -0.39 is 5.97 Å². The molecule has 0 aliphatic carbocycles. The Morgan fingerprint density at radius 3 is 2.79 bits per heavy atom. The van der Waals surface area contributed by atoms with Crippen molar-refractivity contribution in [3.8, 4) is 0 Å². The van der Waals surface area contributed by atoms with Crippen LogP contribution in [-0.2, 0) is 17.7 Å². The van der Waals surface area contributed by atoms with Gasteiger partial charge < -0.3 is 15.0 Å². The van der Waals surface area contributed by atoms with E-state index in [1.165, 1.54) is 31.5 Å². The van der Waals surface area contributed by atoms with Crippen LogP contribution < -0.4 is 5.73 Å². The molecule has 1 aliphatic heterocycles. The summed E-state index contributed by atoms with van der Waals surface area (Å²) in [7, 11) is 1.35. The van der Waals surface area contributed by atoms with Gasteiger partial charge in [0, 0.05) is 13.0 Å². The number of carbonyl (C=O) groups excluding carboxylic acids is 1. The number of nitrogen functional groups attached to an aromatic ring is 1. The molecule has 0 unspecified atom stereocenters. The van der Waals surface area contributed by atoms with Crippen molar-refractivity contribution in [3.63, 3.8) is 0 Å². The zero-order valence-electron chi connectivity index (χ0n) is 11.5. The molecule has 1 aromatic rings. The second-order valence-corrected chi connectivity index (χ2v) is 6.00. The molecule has 19 heavy (non-hydrogen) atoms. The quantitative estimate of drug-likeness (QED) is 0.855. The molecule has 106 valence electrons. The topological polar surface area (TPSA) is 70.1 Å². The van der Waals surface area contributed by atoms with Crippen LogP contribution in [0.3, 0.4) is 0 Å². The molecule has 2 heterocycles. The number of aryl methyl sites for hydroxylation is 1. The van der Waals surface area contributed by atoms with Gasteiger partial charge in [0.2, 0.25) is 0 Å². The first-order valence-electron chi connectivity index (χ1n) is 6.68. The van der Waals surface area contributed by atoms with Gasteiger partial charge in [-0.05, 0) is 30.3 Å². The Morgan fingerprint density at radius 2 is 2.21 bits per heavy atom. The minimum atomic E-state index is -0.454. The smallest absolute Gasteiger partial charge is 0.360 e. The predicted octanol–water partition coefficient (Wildman–Crippen LogP) is 1.96. The molecular formula is C13H21N3O2S. The summed E-state index contributed by atoms with van der Waals surface area (Å²) >= 11 is 2.01. The van der Waals surface area contributed by atoms with E-state index in [0.29, 0.717) is 11.7 Å². The lowest BCUT2D eigenvalue weighted by molar-refractivity contribution is 0.0595. The molecule has 1 saturated heterocycles. The highest BCUT2D eigenvalue weighted by Gasteiger charge is 2.23. The summed E-state index contributed by atoms with van der Waals surface area (Å²) in [5, 5.41) is 0. The van der Waals surface area contributed by atoms with E-state index in [1.807, 2.05) is 23.3 Å². The fraction of sp³-hybridized carbons (Fsp3) is 0.692. The van der Waals surface area contributed by atoms with Gasteiger partial charge in [-0.15, -0.1) is 0 Å². The van der Waals surface area contributed by atoms with Crippen molar-refractivity contribution in [1.29, 1.82) is 0 Å². The Hall–Kier alpha value is -1.17. The van der Waals surface area contributed by atoms with Gasteiger partial charge in [0.15, 0.2) is 5.69 Å². The van der Waals surface area contributed by atoms with Crippen LogP contribution in [-0.4, -0.2) is 34.1 Å². The molecule has 2 rings (SSSR count). The summed E-state index contributed by atoms with van der Waals surface area (Å²) in [6.45, 7) is 2.88. The van der Waals surface area contributed by atoms with Crippen molar-refractivity contribution in [1.82, 2.24) is 9.55 Å². The van der Waals surface area contributed by atoms with E-state index >= 15 is 0 Å². The highest BCUT2D eigenvalue weighted by molar-refractivity contribution is 7.99. The zero-order valence-corrected chi connectivity index (χ0v) is 12.3. The zero-order chi connectivity index (χ0) is 13.8. The van der Waals surface area contributed by atoms with Crippen LogP contribution in [0.5, 0.6) is 0 Å². The molecule has 5 nitrogen and oxygen atoms in total. The number of hydrogen-bond acceptors (Lipinski definition) is 5. The second kappa shape index (κ2) is 6.32. The maximum atomic E-state index is 11.6. The van der Waals surface area contributed by atoms with Gasteiger partial charge in [-0.2, -0.15) is 11.8 Å². The van der Waals surface area contributed by atoms with Crippen LogP contribution in [0.4, 0.5) is 5.82 Å². The fourth-order valence-electron chi connectivity index (χ4n) is 2.42. The van der Waals surface area contributed by atoms with Crippen LogP contribution in [0.25, 0.3) is 0 Å². The van der Waals surface area contributed by atoms with Crippen molar-refractivity contribution < 1.29 is 9.53 Å². The SMILES string of the molecule is CCc1nc(C(=O)OC)c(N)n1CC1CCSCC1. The number of nitrogens with zero attached hydrogens (tertiary/aromatic N) is 2. The molecule has 0 spiro atoms. The lowest BCUT2D eigenvalue weighted by Crippen LogP contribution is -2.19. The molecule has 0 radical (unpaired) electrons. The average molecular weight is 283 g/mol. The van der Waals surface area contributed by atoms with Crippen LogP contribution in [0.1, 0.15) is 36.1 Å². The van der Waals surface area contributed by atoms with E-state index in [4.69, 9.17) is 10.5 Å². The molecule has 0 aromatic carbocycles. The minimum Gasteiger partial charge on any atom is -0.464 e. The van der Waals surface area contributed by atoms with Gasteiger partial charge in [-0.1, -0.05) is 6.92 Å². The number of thioether (sulfide) groups is 1. The number of carbonyl (C=O) groups is 1. The second-order valence-electron chi connectivity index (χ2n) is 4.77. The first-order valence-corrected chi connectivity index (χ1v) is 7.83. The van der Waals surface area contributed by atoms with E-state index in [2.05, 4.69) is 4.98 Å². The van der Waals surface area contributed by atoms with Gasteiger partial charge in [0.05, 0.1) is 7.11 Å². The third-order valence-corrected chi connectivity index (χ3v) is 4.61. The van der Waals surface area contributed by atoms with E-state index in [0.717, 1.165) is 18.8 Å². The molecule has 0 bridgehead atoms. The van der Waals surface area contributed by atoms with Crippen LogP contribution >= 0.6 is 11.8 Å². The Balaban J connectivity index is 2.22. The number of imidazole rings is 1. The number of ether oxygens (including phenoxy) is 1. The molecule has 0 saturated carbocycles. The Labute approximate surface area is 117 Å². The number of esters is 1. The third kappa shape index (κ3) is 3.05. The lowest BCUT2D eigenvalue weighted by atomic mass is 10.0. The Bertz CT molecular complexity index is 453. The standard InChI is InChI=1S/C13H21N3O2S/c1-3-10-15-11(13(17)18-2)12(14)16(10)8-9-4-6-19-7-5-9/h9H,3-8,14H2,1-2H3. The molecule has 0 atom stereocenters. The van der Waals surface area contributed by atoms with Gasteiger partial charge in [0.1, 0.15) is 11.6 Å². The van der Waals surface area contributed by atoms with E-state index in [9.17, 15) is 4.79 Å². The maximum absolute atomic E-state index is 11.6. The lowest BCUT2D eigenvalue weighted by Gasteiger charge is -2.23. The van der Waals surface area contributed by atoms with E-state index in [-0.39, 0.29) is 5.69 Å². The van der Waals surface area contributed by atoms with Gasteiger partial charge in [-0.3, -0.25) is 0 Å². The van der Waals surface area contributed by atoms with Crippen molar-refractivity contribution in [3.05, 3.63) is 11.5 Å². The molecular weight excluding hydrogens is 262 g/mol. The molecule has 1 aliphatic rings. The highest BCUT2D eigenvalue weighted by atomic mass is 32.2. The summed E-state index contributed by atoms with van der Waals surface area (Å²) in [6.07, 6.45) is 3.18. The maximum Gasteiger partial charge on any atom is 0.360 e. The molecule has 0 amide bonds. The molecule has 6 heteroatoms. The predicted molar refractivity (Wildman–Crippen MR) is 77.4 cm³/mol. The first kappa shape index (κ1) is 14.2.